The topological polar surface area (TPSA) is 34.1 Å². The van der Waals surface area contributed by atoms with Gasteiger partial charge in [0.1, 0.15) is 0 Å². The van der Waals surface area contributed by atoms with Gasteiger partial charge in [-0.15, -0.1) is 0 Å². The van der Waals surface area contributed by atoms with Gasteiger partial charge in [-0.3, -0.25) is 9.59 Å². The van der Waals surface area contributed by atoms with E-state index in [1.165, 1.54) is 0 Å². The Labute approximate surface area is 122 Å². The third-order valence-electron chi connectivity index (χ3n) is 4.41. The molecule has 1 rings (SSSR count). The molecule has 0 saturated carbocycles. The Morgan fingerprint density at radius 1 is 0.750 bits per heavy atom. The lowest BCUT2D eigenvalue weighted by Crippen LogP contribution is -2.25. The van der Waals surface area contributed by atoms with Gasteiger partial charge >= 0.3 is 0 Å². The Kier molecular flexibility index (Phi) is 4.90. The van der Waals surface area contributed by atoms with E-state index in [9.17, 15) is 9.59 Å². The Hall–Kier alpha value is -1.44. The minimum atomic E-state index is -0.353. The first-order valence-electron chi connectivity index (χ1n) is 7.35. The molecule has 0 aliphatic carbocycles. The van der Waals surface area contributed by atoms with Gasteiger partial charge < -0.3 is 0 Å². The third kappa shape index (κ3) is 3.36. The van der Waals surface area contributed by atoms with Gasteiger partial charge in [-0.25, -0.2) is 0 Å². The van der Waals surface area contributed by atoms with Crippen molar-refractivity contribution in [1.82, 2.24) is 0 Å². The molecule has 0 heterocycles. The smallest absolute Gasteiger partial charge is 0.168 e. The molecule has 0 amide bonds. The fraction of sp³-hybridized carbons (Fsp3) is 0.556. The van der Waals surface area contributed by atoms with Crippen molar-refractivity contribution in [2.75, 3.05) is 0 Å². The lowest BCUT2D eigenvalue weighted by Gasteiger charge is -2.22. The summed E-state index contributed by atoms with van der Waals surface area (Å²) >= 11 is 0. The molecular formula is C18H26O2. The summed E-state index contributed by atoms with van der Waals surface area (Å²) in [6.45, 7) is 11.8. The highest BCUT2D eigenvalue weighted by Gasteiger charge is 2.28. The molecule has 0 spiro atoms. The molecule has 20 heavy (non-hydrogen) atoms. The second-order valence-electron chi connectivity index (χ2n) is 6.71. The monoisotopic (exact) mass is 274 g/mol. The van der Waals surface area contributed by atoms with Crippen molar-refractivity contribution in [3.8, 4) is 0 Å². The van der Waals surface area contributed by atoms with Gasteiger partial charge in [-0.1, -0.05) is 65.8 Å². The molecule has 0 fully saturated rings. The number of rotatable bonds is 6. The van der Waals surface area contributed by atoms with Crippen LogP contribution in [0.25, 0.3) is 0 Å². The van der Waals surface area contributed by atoms with Crippen LogP contribution in [0.15, 0.2) is 24.3 Å². The van der Waals surface area contributed by atoms with Crippen molar-refractivity contribution in [3.63, 3.8) is 0 Å². The van der Waals surface area contributed by atoms with E-state index in [0.29, 0.717) is 11.1 Å². The molecule has 0 aliphatic rings. The lowest BCUT2D eigenvalue weighted by atomic mass is 9.80. The van der Waals surface area contributed by atoms with Gasteiger partial charge in [-0.2, -0.15) is 0 Å². The number of benzene rings is 1. The molecule has 0 bridgehead atoms. The third-order valence-corrected chi connectivity index (χ3v) is 4.41. The van der Waals surface area contributed by atoms with Crippen LogP contribution < -0.4 is 0 Å². The number of hydrogen-bond acceptors (Lipinski definition) is 2. The second-order valence-corrected chi connectivity index (χ2v) is 6.71. The van der Waals surface area contributed by atoms with E-state index in [2.05, 4.69) is 0 Å². The van der Waals surface area contributed by atoms with Crippen LogP contribution in [-0.2, 0) is 0 Å². The van der Waals surface area contributed by atoms with Gasteiger partial charge in [0.15, 0.2) is 11.6 Å². The van der Waals surface area contributed by atoms with E-state index < -0.39 is 0 Å². The molecule has 1 aromatic carbocycles. The first-order chi connectivity index (χ1) is 9.15. The summed E-state index contributed by atoms with van der Waals surface area (Å²) in [7, 11) is 0. The van der Waals surface area contributed by atoms with Gasteiger partial charge in [0, 0.05) is 22.0 Å². The maximum Gasteiger partial charge on any atom is 0.168 e. The first kappa shape index (κ1) is 16.6. The first-order valence-corrected chi connectivity index (χ1v) is 7.35. The lowest BCUT2D eigenvalue weighted by molar-refractivity contribution is 0.0823. The van der Waals surface area contributed by atoms with Crippen LogP contribution in [0.4, 0.5) is 0 Å². The summed E-state index contributed by atoms with van der Waals surface area (Å²) < 4.78 is 0. The summed E-state index contributed by atoms with van der Waals surface area (Å²) in [5.74, 6) is 0.266. The van der Waals surface area contributed by atoms with Gasteiger partial charge in [0.25, 0.3) is 0 Å². The second kappa shape index (κ2) is 5.90. The summed E-state index contributed by atoms with van der Waals surface area (Å²) in [6, 6.07) is 7.11. The minimum absolute atomic E-state index is 0.133. The van der Waals surface area contributed by atoms with E-state index in [1.807, 2.05) is 41.5 Å². The number of Topliss-reactive ketones (excluding diaryl/α,β-unsaturated/α-hetero) is 2. The molecule has 0 aromatic heterocycles. The molecule has 1 aromatic rings. The van der Waals surface area contributed by atoms with E-state index in [1.54, 1.807) is 24.3 Å². The zero-order valence-corrected chi connectivity index (χ0v) is 13.5. The van der Waals surface area contributed by atoms with Crippen molar-refractivity contribution in [1.29, 1.82) is 0 Å². The van der Waals surface area contributed by atoms with E-state index in [-0.39, 0.29) is 22.4 Å². The number of hydrogen-bond donors (Lipinski definition) is 0. The molecular weight excluding hydrogens is 248 g/mol. The number of ketones is 2. The van der Waals surface area contributed by atoms with Crippen molar-refractivity contribution < 1.29 is 9.59 Å². The standard InChI is InChI=1S/C18H26O2/c1-7-17(3,4)15(19)13-9-11-14(12-10-13)16(20)18(5,6)8-2/h9-12H,7-8H2,1-6H3. The predicted molar refractivity (Wildman–Crippen MR) is 83.2 cm³/mol. The molecule has 0 N–H and O–H groups in total. The van der Waals surface area contributed by atoms with Gasteiger partial charge in [0.2, 0.25) is 0 Å². The largest absolute Gasteiger partial charge is 0.294 e. The predicted octanol–water partition coefficient (Wildman–Crippen LogP) is 4.92. The highest BCUT2D eigenvalue weighted by Crippen LogP contribution is 2.28. The van der Waals surface area contributed by atoms with Crippen LogP contribution in [-0.4, -0.2) is 11.6 Å². The summed E-state index contributed by atoms with van der Waals surface area (Å²) in [5, 5.41) is 0. The fourth-order valence-electron chi connectivity index (χ4n) is 1.88. The van der Waals surface area contributed by atoms with Gasteiger partial charge in [0.05, 0.1) is 0 Å². The van der Waals surface area contributed by atoms with E-state index in [0.717, 1.165) is 12.8 Å². The van der Waals surface area contributed by atoms with Crippen LogP contribution in [0.3, 0.4) is 0 Å². The molecule has 0 saturated heterocycles. The Bertz CT molecular complexity index is 446. The van der Waals surface area contributed by atoms with Crippen LogP contribution >= 0.6 is 0 Å². The highest BCUT2D eigenvalue weighted by molar-refractivity contribution is 6.03. The highest BCUT2D eigenvalue weighted by atomic mass is 16.1. The minimum Gasteiger partial charge on any atom is -0.294 e. The van der Waals surface area contributed by atoms with E-state index >= 15 is 0 Å². The molecule has 0 radical (unpaired) electrons. The molecule has 2 nitrogen and oxygen atoms in total. The molecule has 0 aliphatic heterocycles. The van der Waals surface area contributed by atoms with Crippen molar-refractivity contribution in [2.24, 2.45) is 10.8 Å². The maximum atomic E-state index is 12.3. The summed E-state index contributed by atoms with van der Waals surface area (Å²) in [6.07, 6.45) is 1.60. The van der Waals surface area contributed by atoms with Gasteiger partial charge in [-0.05, 0) is 12.8 Å². The maximum absolute atomic E-state index is 12.3. The van der Waals surface area contributed by atoms with Crippen molar-refractivity contribution >= 4 is 11.6 Å². The van der Waals surface area contributed by atoms with E-state index in [4.69, 9.17) is 0 Å². The summed E-state index contributed by atoms with van der Waals surface area (Å²) in [5.41, 5.74) is 0.660. The number of carbonyl (C=O) groups excluding carboxylic acids is 2. The van der Waals surface area contributed by atoms with Crippen molar-refractivity contribution in [2.45, 2.75) is 54.4 Å². The summed E-state index contributed by atoms with van der Waals surface area (Å²) in [4.78, 5) is 24.7. The molecule has 0 atom stereocenters. The number of carbonyl (C=O) groups is 2. The average Bonchev–Trinajstić information content (AvgIpc) is 2.45. The van der Waals surface area contributed by atoms with Crippen LogP contribution in [0.2, 0.25) is 0 Å². The molecule has 110 valence electrons. The Morgan fingerprint density at radius 3 is 1.20 bits per heavy atom. The normalized spacial score (nSPS) is 12.3. The molecule has 2 heteroatoms. The Balaban J connectivity index is 3.01. The SMILES string of the molecule is CCC(C)(C)C(=O)c1ccc(C(=O)C(C)(C)CC)cc1. The zero-order valence-electron chi connectivity index (χ0n) is 13.5. The fourth-order valence-corrected chi connectivity index (χ4v) is 1.88. The van der Waals surface area contributed by atoms with Crippen LogP contribution in [0.1, 0.15) is 75.1 Å². The molecule has 0 unspecified atom stereocenters. The quantitative estimate of drug-likeness (QED) is 0.690. The Morgan fingerprint density at radius 2 is 1.00 bits per heavy atom. The zero-order chi connectivity index (χ0) is 15.6. The van der Waals surface area contributed by atoms with Crippen LogP contribution in [0, 0.1) is 10.8 Å². The average molecular weight is 274 g/mol. The van der Waals surface area contributed by atoms with Crippen LogP contribution in [0.5, 0.6) is 0 Å². The van der Waals surface area contributed by atoms with Crippen molar-refractivity contribution in [3.05, 3.63) is 35.4 Å².